The van der Waals surface area contributed by atoms with Gasteiger partial charge in [-0.2, -0.15) is 0 Å². The Morgan fingerprint density at radius 1 is 1.33 bits per heavy atom. The number of benzene rings is 1. The highest BCUT2D eigenvalue weighted by atomic mass is 32.2. The first-order valence-electron chi connectivity index (χ1n) is 5.66. The van der Waals surface area contributed by atoms with E-state index in [9.17, 15) is 12.8 Å². The normalized spacial score (nSPS) is 11.8. The molecule has 1 aromatic carbocycles. The van der Waals surface area contributed by atoms with Crippen LogP contribution in [-0.4, -0.2) is 27.5 Å². The summed E-state index contributed by atoms with van der Waals surface area (Å²) in [5.74, 6) is -0.465. The van der Waals surface area contributed by atoms with E-state index in [4.69, 9.17) is 5.73 Å². The Labute approximate surface area is 112 Å². The van der Waals surface area contributed by atoms with Crippen LogP contribution in [0.5, 0.6) is 0 Å². The molecule has 3 nitrogen and oxygen atoms in total. The lowest BCUT2D eigenvalue weighted by Crippen LogP contribution is -2.04. The number of unbranched alkanes of at least 4 members (excludes halogenated alkanes) is 1. The molecule has 0 amide bonds. The molecule has 0 aliphatic heterocycles. The predicted octanol–water partition coefficient (Wildman–Crippen LogP) is 2.23. The van der Waals surface area contributed by atoms with Crippen LogP contribution >= 0.6 is 11.8 Å². The first kappa shape index (κ1) is 15.5. The molecule has 1 rings (SSSR count). The Bertz CT molecular complexity index is 515. The molecule has 18 heavy (non-hydrogen) atoms. The summed E-state index contributed by atoms with van der Waals surface area (Å²) in [5, 5.41) is 0. The van der Waals surface area contributed by atoms with E-state index < -0.39 is 15.7 Å². The van der Waals surface area contributed by atoms with Crippen LogP contribution in [0.3, 0.4) is 0 Å². The quantitative estimate of drug-likeness (QED) is 0.645. The molecule has 0 heterocycles. The van der Waals surface area contributed by atoms with Crippen molar-refractivity contribution < 1.29 is 12.8 Å². The standard InChI is InChI=1S/C12H18FNO2S2/c1-17-12-10(13)7-9(5-3-4-6-14)8-11(12)18(2,15)16/h7-8H,3-6,14H2,1-2H3. The fourth-order valence-corrected chi connectivity index (χ4v) is 3.73. The van der Waals surface area contributed by atoms with Crippen LogP contribution in [0.25, 0.3) is 0 Å². The van der Waals surface area contributed by atoms with Crippen molar-refractivity contribution in [1.29, 1.82) is 0 Å². The van der Waals surface area contributed by atoms with Gasteiger partial charge in [0.15, 0.2) is 9.84 Å². The summed E-state index contributed by atoms with van der Waals surface area (Å²) in [6, 6.07) is 2.98. The van der Waals surface area contributed by atoms with Gasteiger partial charge in [0.2, 0.25) is 0 Å². The molecule has 1 aromatic rings. The van der Waals surface area contributed by atoms with Gasteiger partial charge in [-0.25, -0.2) is 12.8 Å². The molecule has 0 aliphatic carbocycles. The van der Waals surface area contributed by atoms with Crippen LogP contribution in [0.4, 0.5) is 4.39 Å². The number of rotatable bonds is 6. The van der Waals surface area contributed by atoms with Gasteiger partial charge in [-0.3, -0.25) is 0 Å². The van der Waals surface area contributed by atoms with Crippen molar-refractivity contribution in [2.24, 2.45) is 5.73 Å². The molecule has 0 saturated heterocycles. The summed E-state index contributed by atoms with van der Waals surface area (Å²) in [6.07, 6.45) is 5.09. The lowest BCUT2D eigenvalue weighted by atomic mass is 10.1. The summed E-state index contributed by atoms with van der Waals surface area (Å²) >= 11 is 1.11. The van der Waals surface area contributed by atoms with E-state index in [-0.39, 0.29) is 9.79 Å². The third-order valence-corrected chi connectivity index (χ3v) is 4.67. The molecular weight excluding hydrogens is 273 g/mol. The molecule has 2 N–H and O–H groups in total. The van der Waals surface area contributed by atoms with E-state index in [1.165, 1.54) is 6.07 Å². The topological polar surface area (TPSA) is 60.2 Å². The highest BCUT2D eigenvalue weighted by Crippen LogP contribution is 2.29. The number of nitrogens with two attached hydrogens (primary N) is 1. The number of aryl methyl sites for hydroxylation is 1. The second-order valence-electron chi connectivity index (χ2n) is 4.13. The van der Waals surface area contributed by atoms with Gasteiger partial charge in [0.1, 0.15) is 5.82 Å². The van der Waals surface area contributed by atoms with E-state index in [0.29, 0.717) is 18.5 Å². The Balaban J connectivity index is 3.15. The van der Waals surface area contributed by atoms with Gasteiger partial charge >= 0.3 is 0 Å². The number of hydrogen-bond acceptors (Lipinski definition) is 4. The van der Waals surface area contributed by atoms with Gasteiger partial charge in [0.25, 0.3) is 0 Å². The Hall–Kier alpha value is -0.590. The minimum atomic E-state index is -3.41. The molecule has 0 fully saturated rings. The third kappa shape index (κ3) is 3.96. The van der Waals surface area contributed by atoms with E-state index in [2.05, 4.69) is 0 Å². The largest absolute Gasteiger partial charge is 0.330 e. The van der Waals surface area contributed by atoms with E-state index in [1.807, 2.05) is 0 Å². The van der Waals surface area contributed by atoms with Crippen molar-refractivity contribution in [3.05, 3.63) is 23.5 Å². The molecule has 0 bridgehead atoms. The van der Waals surface area contributed by atoms with E-state index in [0.717, 1.165) is 30.9 Å². The zero-order chi connectivity index (χ0) is 13.8. The number of thioether (sulfide) groups is 1. The van der Waals surface area contributed by atoms with Gasteiger partial charge in [-0.1, -0.05) is 0 Å². The van der Waals surface area contributed by atoms with Gasteiger partial charge in [0.05, 0.1) is 9.79 Å². The van der Waals surface area contributed by atoms with Crippen LogP contribution in [-0.2, 0) is 16.3 Å². The van der Waals surface area contributed by atoms with E-state index >= 15 is 0 Å². The molecule has 0 aromatic heterocycles. The van der Waals surface area contributed by atoms with Crippen molar-refractivity contribution in [2.45, 2.75) is 29.1 Å². The summed E-state index contributed by atoms with van der Waals surface area (Å²) in [6.45, 7) is 0.588. The second-order valence-corrected chi connectivity index (χ2v) is 6.93. The zero-order valence-electron chi connectivity index (χ0n) is 10.6. The SMILES string of the molecule is CSc1c(F)cc(CCCCN)cc1S(C)(=O)=O. The lowest BCUT2D eigenvalue weighted by Gasteiger charge is -2.10. The summed E-state index contributed by atoms with van der Waals surface area (Å²) in [7, 11) is -3.41. The minimum Gasteiger partial charge on any atom is -0.330 e. The summed E-state index contributed by atoms with van der Waals surface area (Å²) < 4.78 is 37.1. The van der Waals surface area contributed by atoms with Crippen LogP contribution in [0, 0.1) is 5.82 Å². The Morgan fingerprint density at radius 2 is 2.00 bits per heavy atom. The number of sulfone groups is 1. The van der Waals surface area contributed by atoms with Crippen LogP contribution < -0.4 is 5.73 Å². The van der Waals surface area contributed by atoms with Crippen LogP contribution in [0.15, 0.2) is 21.9 Å². The Kier molecular flexibility index (Phi) is 5.62. The number of hydrogen-bond donors (Lipinski definition) is 1. The molecule has 0 spiro atoms. The molecular formula is C12H18FNO2S2. The highest BCUT2D eigenvalue weighted by molar-refractivity contribution is 7.99. The van der Waals surface area contributed by atoms with Crippen molar-refractivity contribution in [3.8, 4) is 0 Å². The first-order chi connectivity index (χ1) is 8.40. The monoisotopic (exact) mass is 291 g/mol. The van der Waals surface area contributed by atoms with Gasteiger partial charge in [0, 0.05) is 6.26 Å². The fraction of sp³-hybridized carbons (Fsp3) is 0.500. The van der Waals surface area contributed by atoms with Crippen molar-refractivity contribution >= 4 is 21.6 Å². The maximum atomic E-state index is 13.8. The molecule has 0 radical (unpaired) electrons. The molecule has 0 aliphatic rings. The van der Waals surface area contributed by atoms with Crippen molar-refractivity contribution in [2.75, 3.05) is 19.1 Å². The second kappa shape index (κ2) is 6.54. The maximum Gasteiger partial charge on any atom is 0.176 e. The van der Waals surface area contributed by atoms with Crippen molar-refractivity contribution in [3.63, 3.8) is 0 Å². The molecule has 0 saturated carbocycles. The lowest BCUT2D eigenvalue weighted by molar-refractivity contribution is 0.574. The number of halogens is 1. The third-order valence-electron chi connectivity index (χ3n) is 2.59. The smallest absolute Gasteiger partial charge is 0.176 e. The molecule has 0 atom stereocenters. The van der Waals surface area contributed by atoms with Crippen molar-refractivity contribution in [1.82, 2.24) is 0 Å². The molecule has 0 unspecified atom stereocenters. The maximum absolute atomic E-state index is 13.8. The minimum absolute atomic E-state index is 0.0812. The van der Waals surface area contributed by atoms with E-state index in [1.54, 1.807) is 12.3 Å². The van der Waals surface area contributed by atoms with Gasteiger partial charge in [-0.15, -0.1) is 11.8 Å². The average molecular weight is 291 g/mol. The zero-order valence-corrected chi connectivity index (χ0v) is 12.2. The Morgan fingerprint density at radius 3 is 2.50 bits per heavy atom. The molecule has 6 heteroatoms. The summed E-state index contributed by atoms with van der Waals surface area (Å²) in [4.78, 5) is 0.276. The van der Waals surface area contributed by atoms with Crippen LogP contribution in [0.2, 0.25) is 0 Å². The van der Waals surface area contributed by atoms with Gasteiger partial charge in [-0.05, 0) is 49.8 Å². The highest BCUT2D eigenvalue weighted by Gasteiger charge is 2.18. The predicted molar refractivity (Wildman–Crippen MR) is 73.3 cm³/mol. The van der Waals surface area contributed by atoms with Crippen LogP contribution in [0.1, 0.15) is 18.4 Å². The molecule has 102 valence electrons. The summed E-state index contributed by atoms with van der Waals surface area (Å²) in [5.41, 5.74) is 6.10. The first-order valence-corrected chi connectivity index (χ1v) is 8.78. The average Bonchev–Trinajstić information content (AvgIpc) is 2.27. The fourth-order valence-electron chi connectivity index (χ4n) is 1.71. The van der Waals surface area contributed by atoms with Gasteiger partial charge < -0.3 is 5.73 Å².